The Bertz CT molecular complexity index is 327. The normalized spacial score (nSPS) is 26.8. The van der Waals surface area contributed by atoms with E-state index in [-0.39, 0.29) is 23.3 Å². The summed E-state index contributed by atoms with van der Waals surface area (Å²) < 4.78 is 5.29. The van der Waals surface area contributed by atoms with Crippen LogP contribution in [0.15, 0.2) is 0 Å². The summed E-state index contributed by atoms with van der Waals surface area (Å²) in [6, 6.07) is 0. The summed E-state index contributed by atoms with van der Waals surface area (Å²) in [6.45, 7) is 11.4. The maximum absolute atomic E-state index is 12.3. The van der Waals surface area contributed by atoms with Gasteiger partial charge in [-0.05, 0) is 11.8 Å². The Morgan fingerprint density at radius 2 is 1.95 bits per heavy atom. The van der Waals surface area contributed by atoms with E-state index in [9.17, 15) is 9.90 Å². The Balaban J connectivity index is 1.76. The lowest BCUT2D eigenvalue weighted by molar-refractivity contribution is -0.137. The van der Waals surface area contributed by atoms with Crippen molar-refractivity contribution in [2.45, 2.75) is 33.3 Å². The molecule has 0 radical (unpaired) electrons. The number of ether oxygens (including phenoxy) is 1. The molecule has 0 spiro atoms. The number of aliphatic hydroxyl groups excluding tert-OH is 1. The number of amides is 1. The average Bonchev–Trinajstić information content (AvgIpc) is 2.91. The molecule has 116 valence electrons. The minimum absolute atomic E-state index is 0.0710. The van der Waals surface area contributed by atoms with Crippen LogP contribution in [0.4, 0.5) is 0 Å². The monoisotopic (exact) mass is 284 g/mol. The number of nitrogens with zero attached hydrogens (tertiary/aromatic N) is 2. The standard InChI is InChI=1S/C15H28N2O3/c1-15(2,3)13(18)10-16-5-7-17(8-6-16)14(19)12-4-9-20-11-12/h12-13,18H,4-11H2,1-3H3/t12-,13+/m0/s1. The van der Waals surface area contributed by atoms with Gasteiger partial charge in [0.25, 0.3) is 0 Å². The maximum atomic E-state index is 12.3. The van der Waals surface area contributed by atoms with E-state index in [4.69, 9.17) is 4.74 Å². The van der Waals surface area contributed by atoms with Gasteiger partial charge in [-0.3, -0.25) is 9.69 Å². The van der Waals surface area contributed by atoms with Gasteiger partial charge in [0.15, 0.2) is 0 Å². The van der Waals surface area contributed by atoms with E-state index in [0.717, 1.165) is 32.6 Å². The van der Waals surface area contributed by atoms with Crippen molar-refractivity contribution in [1.29, 1.82) is 0 Å². The summed E-state index contributed by atoms with van der Waals surface area (Å²) in [4.78, 5) is 16.5. The quantitative estimate of drug-likeness (QED) is 0.823. The minimum atomic E-state index is -0.326. The highest BCUT2D eigenvalue weighted by molar-refractivity contribution is 5.79. The number of aliphatic hydroxyl groups is 1. The van der Waals surface area contributed by atoms with Gasteiger partial charge in [-0.25, -0.2) is 0 Å². The number of β-amino-alcohol motifs (C(OH)–C–C–N with tert-alkyl or cyclic N) is 1. The molecule has 0 aliphatic carbocycles. The van der Waals surface area contributed by atoms with Gasteiger partial charge in [-0.2, -0.15) is 0 Å². The van der Waals surface area contributed by atoms with Crippen molar-refractivity contribution in [1.82, 2.24) is 9.80 Å². The Labute approximate surface area is 121 Å². The van der Waals surface area contributed by atoms with Crippen LogP contribution in [0.1, 0.15) is 27.2 Å². The second kappa shape index (κ2) is 6.41. The highest BCUT2D eigenvalue weighted by atomic mass is 16.5. The van der Waals surface area contributed by atoms with Crippen molar-refractivity contribution in [3.05, 3.63) is 0 Å². The molecule has 1 amide bonds. The van der Waals surface area contributed by atoms with Gasteiger partial charge in [-0.15, -0.1) is 0 Å². The summed E-state index contributed by atoms with van der Waals surface area (Å²) in [5.41, 5.74) is -0.0891. The van der Waals surface area contributed by atoms with Gasteiger partial charge >= 0.3 is 0 Å². The third-order valence-electron chi connectivity index (χ3n) is 4.39. The van der Waals surface area contributed by atoms with Crippen LogP contribution in [-0.2, 0) is 9.53 Å². The number of carbonyl (C=O) groups is 1. The molecule has 5 heteroatoms. The van der Waals surface area contributed by atoms with E-state index in [1.165, 1.54) is 0 Å². The van der Waals surface area contributed by atoms with Gasteiger partial charge < -0.3 is 14.7 Å². The zero-order valence-electron chi connectivity index (χ0n) is 13.0. The number of hydrogen-bond acceptors (Lipinski definition) is 4. The van der Waals surface area contributed by atoms with Crippen molar-refractivity contribution < 1.29 is 14.6 Å². The molecule has 2 aliphatic heterocycles. The first-order valence-corrected chi connectivity index (χ1v) is 7.65. The van der Waals surface area contributed by atoms with Crippen molar-refractivity contribution in [2.75, 3.05) is 45.9 Å². The molecule has 0 saturated carbocycles. The van der Waals surface area contributed by atoms with Crippen molar-refractivity contribution in [3.63, 3.8) is 0 Å². The summed E-state index contributed by atoms with van der Waals surface area (Å²) in [6.07, 6.45) is 0.537. The van der Waals surface area contributed by atoms with Gasteiger partial charge in [0.05, 0.1) is 18.6 Å². The predicted octanol–water partition coefficient (Wildman–Crippen LogP) is 0.574. The molecule has 0 bridgehead atoms. The fraction of sp³-hybridized carbons (Fsp3) is 0.933. The Hall–Kier alpha value is -0.650. The first-order chi connectivity index (χ1) is 9.38. The summed E-state index contributed by atoms with van der Waals surface area (Å²) in [5, 5.41) is 10.1. The molecule has 20 heavy (non-hydrogen) atoms. The molecule has 0 aromatic rings. The zero-order valence-corrected chi connectivity index (χ0v) is 13.0. The predicted molar refractivity (Wildman–Crippen MR) is 77.4 cm³/mol. The van der Waals surface area contributed by atoms with Crippen LogP contribution in [-0.4, -0.2) is 72.9 Å². The topological polar surface area (TPSA) is 53.0 Å². The molecule has 2 rings (SSSR count). The molecule has 0 aromatic heterocycles. The van der Waals surface area contributed by atoms with Crippen molar-refractivity contribution in [2.24, 2.45) is 11.3 Å². The van der Waals surface area contributed by atoms with Gasteiger partial charge in [-0.1, -0.05) is 20.8 Å². The minimum Gasteiger partial charge on any atom is -0.391 e. The van der Waals surface area contributed by atoms with Crippen LogP contribution in [0.5, 0.6) is 0 Å². The molecule has 5 nitrogen and oxygen atoms in total. The van der Waals surface area contributed by atoms with Crippen molar-refractivity contribution in [3.8, 4) is 0 Å². The molecule has 2 fully saturated rings. The Morgan fingerprint density at radius 3 is 2.45 bits per heavy atom. The van der Waals surface area contributed by atoms with E-state index in [0.29, 0.717) is 19.8 Å². The second-order valence-corrected chi connectivity index (χ2v) is 7.07. The molecule has 2 heterocycles. The molecule has 0 aromatic carbocycles. The van der Waals surface area contributed by atoms with Crippen LogP contribution < -0.4 is 0 Å². The van der Waals surface area contributed by atoms with Crippen molar-refractivity contribution >= 4 is 5.91 Å². The van der Waals surface area contributed by atoms with Crippen LogP contribution in [0.25, 0.3) is 0 Å². The molecular formula is C15H28N2O3. The Morgan fingerprint density at radius 1 is 1.30 bits per heavy atom. The van der Waals surface area contributed by atoms with Gasteiger partial charge in [0.2, 0.25) is 5.91 Å². The summed E-state index contributed by atoms with van der Waals surface area (Å²) in [5.74, 6) is 0.320. The zero-order chi connectivity index (χ0) is 14.8. The fourth-order valence-corrected chi connectivity index (χ4v) is 2.66. The fourth-order valence-electron chi connectivity index (χ4n) is 2.66. The second-order valence-electron chi connectivity index (χ2n) is 7.07. The lowest BCUT2D eigenvalue weighted by Gasteiger charge is -2.38. The average molecular weight is 284 g/mol. The molecule has 2 saturated heterocycles. The number of rotatable bonds is 3. The summed E-state index contributed by atoms with van der Waals surface area (Å²) >= 11 is 0. The van der Waals surface area contributed by atoms with Crippen LogP contribution >= 0.6 is 0 Å². The third-order valence-corrected chi connectivity index (χ3v) is 4.39. The van der Waals surface area contributed by atoms with Crippen LogP contribution in [0.2, 0.25) is 0 Å². The number of piperazine rings is 1. The van der Waals surface area contributed by atoms with Crippen LogP contribution in [0, 0.1) is 11.3 Å². The largest absolute Gasteiger partial charge is 0.391 e. The van der Waals surface area contributed by atoms with E-state index in [1.54, 1.807) is 0 Å². The van der Waals surface area contributed by atoms with Crippen LogP contribution in [0.3, 0.4) is 0 Å². The SMILES string of the molecule is CC(C)(C)[C@H](O)CN1CCN(C(=O)[C@H]2CCOC2)CC1. The smallest absolute Gasteiger partial charge is 0.228 e. The molecule has 2 aliphatic rings. The van der Waals surface area contributed by atoms with Gasteiger partial charge in [0, 0.05) is 39.3 Å². The Kier molecular flexibility index (Phi) is 5.04. The maximum Gasteiger partial charge on any atom is 0.228 e. The molecule has 2 atom stereocenters. The first kappa shape index (κ1) is 15.7. The summed E-state index contributed by atoms with van der Waals surface area (Å²) in [7, 11) is 0. The number of hydrogen-bond donors (Lipinski definition) is 1. The molecular weight excluding hydrogens is 256 g/mol. The lowest BCUT2D eigenvalue weighted by Crippen LogP contribution is -2.52. The van der Waals surface area contributed by atoms with Gasteiger partial charge in [0.1, 0.15) is 0 Å². The first-order valence-electron chi connectivity index (χ1n) is 7.65. The lowest BCUT2D eigenvalue weighted by atomic mass is 9.89. The van der Waals surface area contributed by atoms with E-state index >= 15 is 0 Å². The third kappa shape index (κ3) is 3.93. The number of carbonyl (C=O) groups excluding carboxylic acids is 1. The van der Waals surface area contributed by atoms with E-state index in [2.05, 4.69) is 25.7 Å². The molecule has 1 N–H and O–H groups in total. The molecule has 0 unspecified atom stereocenters. The highest BCUT2D eigenvalue weighted by Crippen LogP contribution is 2.21. The van der Waals surface area contributed by atoms with E-state index < -0.39 is 0 Å². The highest BCUT2D eigenvalue weighted by Gasteiger charge is 2.31. The van der Waals surface area contributed by atoms with E-state index in [1.807, 2.05) is 4.90 Å².